The summed E-state index contributed by atoms with van der Waals surface area (Å²) in [5, 5.41) is 24.3. The van der Waals surface area contributed by atoms with Crippen molar-refractivity contribution in [2.75, 3.05) is 6.61 Å². The molecule has 130 valence electrons. The number of nitro groups is 1. The number of hydrogen-bond acceptors (Lipinski definition) is 6. The van der Waals surface area contributed by atoms with Crippen LogP contribution < -0.4 is 10.2 Å². The lowest BCUT2D eigenvalue weighted by molar-refractivity contribution is -0.385. The number of hydrogen-bond donors (Lipinski definition) is 2. The molecule has 1 amide bonds. The Morgan fingerprint density at radius 2 is 1.96 bits per heavy atom. The van der Waals surface area contributed by atoms with Crippen molar-refractivity contribution >= 4 is 63.0 Å². The third-order valence-electron chi connectivity index (χ3n) is 2.86. The molecule has 2 aromatic carbocycles. The average molecular weight is 567 g/mol. The molecule has 2 N–H and O–H groups in total. The van der Waals surface area contributed by atoms with Gasteiger partial charge in [-0.05, 0) is 68.9 Å². The Morgan fingerprint density at radius 3 is 2.60 bits per heavy atom. The van der Waals surface area contributed by atoms with Crippen LogP contribution in [0, 0.1) is 17.3 Å². The second-order valence-corrected chi connectivity index (χ2v) is 6.96. The molecule has 0 aliphatic carbocycles. The van der Waals surface area contributed by atoms with Gasteiger partial charge in [-0.15, -0.1) is 0 Å². The van der Waals surface area contributed by atoms with Gasteiger partial charge in [0.25, 0.3) is 5.91 Å². The van der Waals surface area contributed by atoms with Crippen molar-refractivity contribution in [3.63, 3.8) is 0 Å². The van der Waals surface area contributed by atoms with Crippen LogP contribution in [0.2, 0.25) is 0 Å². The summed E-state index contributed by atoms with van der Waals surface area (Å²) in [6.07, 6.45) is 1.42. The molecule has 0 atom stereocenters. The Kier molecular flexibility index (Phi) is 6.92. The molecule has 0 radical (unpaired) electrons. The largest absolute Gasteiger partial charge is 0.506 e. The second-order valence-electron chi connectivity index (χ2n) is 4.64. The number of carbonyl (C=O) groups is 1. The highest BCUT2D eigenvalue weighted by Gasteiger charge is 2.14. The van der Waals surface area contributed by atoms with Crippen molar-refractivity contribution < 1.29 is 19.6 Å². The van der Waals surface area contributed by atoms with Crippen LogP contribution in [0.5, 0.6) is 11.5 Å². The number of benzene rings is 2. The number of para-hydroxylation sites is 2. The maximum Gasteiger partial charge on any atom is 0.310 e. The van der Waals surface area contributed by atoms with Gasteiger partial charge in [-0.3, -0.25) is 14.9 Å². The number of aromatic hydroxyl groups is 1. The zero-order chi connectivity index (χ0) is 18.4. The maximum atomic E-state index is 11.7. The number of carbonyl (C=O) groups excluding carboxylic acids is 1. The van der Waals surface area contributed by atoms with Gasteiger partial charge in [0.1, 0.15) is 5.75 Å². The highest BCUT2D eigenvalue weighted by atomic mass is 127. The summed E-state index contributed by atoms with van der Waals surface area (Å²) in [5.41, 5.74) is 2.76. The number of nitro benzene ring substituents is 1. The fraction of sp³-hybridized carbons (Fsp3) is 0.0667. The summed E-state index contributed by atoms with van der Waals surface area (Å²) in [7, 11) is 0. The fourth-order valence-electron chi connectivity index (χ4n) is 1.74. The topological polar surface area (TPSA) is 114 Å². The van der Waals surface area contributed by atoms with Crippen molar-refractivity contribution in [2.24, 2.45) is 5.10 Å². The van der Waals surface area contributed by atoms with E-state index in [1.54, 1.807) is 18.2 Å². The predicted molar refractivity (Wildman–Crippen MR) is 108 cm³/mol. The summed E-state index contributed by atoms with van der Waals surface area (Å²) in [5.74, 6) is -0.355. The van der Waals surface area contributed by atoms with Crippen LogP contribution in [0.1, 0.15) is 5.56 Å². The van der Waals surface area contributed by atoms with Gasteiger partial charge in [0.15, 0.2) is 12.4 Å². The smallest absolute Gasteiger partial charge is 0.310 e. The number of amides is 1. The van der Waals surface area contributed by atoms with Gasteiger partial charge in [0, 0.05) is 6.07 Å². The number of nitrogens with zero attached hydrogens (tertiary/aromatic N) is 2. The third kappa shape index (κ3) is 5.52. The molecule has 25 heavy (non-hydrogen) atoms. The molecule has 0 heterocycles. The Hall–Kier alpha value is -1.96. The highest BCUT2D eigenvalue weighted by molar-refractivity contribution is 14.1. The number of phenols is 1. The van der Waals surface area contributed by atoms with Gasteiger partial charge in [0.05, 0.1) is 18.3 Å². The monoisotopic (exact) mass is 567 g/mol. The summed E-state index contributed by atoms with van der Waals surface area (Å²) in [6.45, 7) is -0.410. The molecule has 0 aromatic heterocycles. The summed E-state index contributed by atoms with van der Waals surface area (Å²) < 4.78 is 6.48. The van der Waals surface area contributed by atoms with Crippen LogP contribution in [0.25, 0.3) is 0 Å². The lowest BCUT2D eigenvalue weighted by Crippen LogP contribution is -2.24. The molecule has 0 aliphatic rings. The number of hydrazone groups is 1. The van der Waals surface area contributed by atoms with E-state index < -0.39 is 17.4 Å². The van der Waals surface area contributed by atoms with Crippen LogP contribution in [0.4, 0.5) is 5.69 Å². The number of rotatable bonds is 6. The van der Waals surface area contributed by atoms with E-state index in [9.17, 15) is 20.0 Å². The molecule has 8 nitrogen and oxygen atoms in total. The Balaban J connectivity index is 1.92. The molecule has 0 saturated carbocycles. The average Bonchev–Trinajstić information content (AvgIpc) is 2.58. The minimum atomic E-state index is -0.584. The van der Waals surface area contributed by atoms with Crippen molar-refractivity contribution in [1.29, 1.82) is 0 Å². The van der Waals surface area contributed by atoms with Crippen LogP contribution >= 0.6 is 45.2 Å². The van der Waals surface area contributed by atoms with Crippen LogP contribution in [0.15, 0.2) is 41.5 Å². The lowest BCUT2D eigenvalue weighted by atomic mass is 10.2. The Bertz CT molecular complexity index is 819. The number of nitrogens with one attached hydrogen (secondary N) is 1. The normalized spacial score (nSPS) is 10.6. The molecule has 2 aromatic rings. The third-order valence-corrected chi connectivity index (χ3v) is 4.51. The first-order valence-electron chi connectivity index (χ1n) is 6.74. The van der Waals surface area contributed by atoms with E-state index in [0.29, 0.717) is 12.7 Å². The van der Waals surface area contributed by atoms with Crippen LogP contribution in [-0.2, 0) is 4.79 Å². The number of ether oxygens (including phenoxy) is 1. The first-order chi connectivity index (χ1) is 11.9. The highest BCUT2D eigenvalue weighted by Crippen LogP contribution is 2.27. The molecule has 0 saturated heterocycles. The molecule has 0 unspecified atom stereocenters. The molecule has 2 rings (SSSR count). The number of phenolic OH excluding ortho intramolecular Hbond substituents is 1. The van der Waals surface area contributed by atoms with Crippen LogP contribution in [0.3, 0.4) is 0 Å². The van der Waals surface area contributed by atoms with Gasteiger partial charge in [0.2, 0.25) is 0 Å². The molecular weight excluding hydrogens is 556 g/mol. The van der Waals surface area contributed by atoms with Gasteiger partial charge in [-0.25, -0.2) is 5.43 Å². The van der Waals surface area contributed by atoms with Crippen molar-refractivity contribution in [3.8, 4) is 11.5 Å². The Morgan fingerprint density at radius 1 is 1.32 bits per heavy atom. The van der Waals surface area contributed by atoms with E-state index >= 15 is 0 Å². The van der Waals surface area contributed by atoms with Gasteiger partial charge in [-0.2, -0.15) is 5.10 Å². The standard InChI is InChI=1S/C15H11I2N3O5/c16-10-5-9(6-11(17)15(10)22)7-18-19-14(21)8-25-13-4-2-1-3-12(13)20(23)24/h1-7,22H,8H2,(H,19,21)/b18-7-. The van der Waals surface area contributed by atoms with Gasteiger partial charge in [-0.1, -0.05) is 12.1 Å². The molecule has 0 aliphatic heterocycles. The van der Waals surface area contributed by atoms with Gasteiger partial charge < -0.3 is 9.84 Å². The van der Waals surface area contributed by atoms with E-state index in [-0.39, 0.29) is 17.2 Å². The van der Waals surface area contributed by atoms with E-state index in [1.807, 2.05) is 45.2 Å². The summed E-state index contributed by atoms with van der Waals surface area (Å²) in [6, 6.07) is 9.20. The fourth-order valence-corrected chi connectivity index (χ4v) is 3.56. The molecular formula is C15H11I2N3O5. The van der Waals surface area contributed by atoms with Crippen molar-refractivity contribution in [2.45, 2.75) is 0 Å². The summed E-state index contributed by atoms with van der Waals surface area (Å²) in [4.78, 5) is 22.0. The van der Waals surface area contributed by atoms with E-state index in [4.69, 9.17) is 4.74 Å². The predicted octanol–water partition coefficient (Wildman–Crippen LogP) is 3.04. The van der Waals surface area contributed by atoms with E-state index in [0.717, 1.165) is 0 Å². The molecule has 10 heteroatoms. The minimum absolute atomic E-state index is 0.00858. The maximum absolute atomic E-state index is 11.7. The summed E-state index contributed by atoms with van der Waals surface area (Å²) >= 11 is 3.98. The molecule has 0 fully saturated rings. The lowest BCUT2D eigenvalue weighted by Gasteiger charge is -2.05. The van der Waals surface area contributed by atoms with E-state index in [2.05, 4.69) is 10.5 Å². The zero-order valence-electron chi connectivity index (χ0n) is 12.5. The Labute approximate surface area is 169 Å². The SMILES string of the molecule is O=C(COc1ccccc1[N+](=O)[O-])N/N=C\c1cc(I)c(O)c(I)c1. The minimum Gasteiger partial charge on any atom is -0.506 e. The van der Waals surface area contributed by atoms with Crippen molar-refractivity contribution in [3.05, 3.63) is 59.2 Å². The molecule has 0 bridgehead atoms. The first kappa shape index (κ1) is 19.4. The second kappa shape index (κ2) is 8.94. The number of halogens is 2. The van der Waals surface area contributed by atoms with E-state index in [1.165, 1.54) is 24.4 Å². The quantitative estimate of drug-likeness (QED) is 0.241. The van der Waals surface area contributed by atoms with Gasteiger partial charge >= 0.3 is 5.69 Å². The zero-order valence-corrected chi connectivity index (χ0v) is 16.8. The first-order valence-corrected chi connectivity index (χ1v) is 8.90. The van der Waals surface area contributed by atoms with Crippen molar-refractivity contribution in [1.82, 2.24) is 5.43 Å². The van der Waals surface area contributed by atoms with Crippen LogP contribution in [-0.4, -0.2) is 28.8 Å². The molecule has 0 spiro atoms.